The number of methoxy groups -OCH3 is 2. The third kappa shape index (κ3) is 11.1. The lowest BCUT2D eigenvalue weighted by atomic mass is 10.1. The van der Waals surface area contributed by atoms with E-state index >= 15 is 0 Å². The van der Waals surface area contributed by atoms with Crippen LogP contribution in [0.2, 0.25) is 0 Å². The second kappa shape index (κ2) is 17.2. The Morgan fingerprint density at radius 3 is 1.32 bits per heavy atom. The van der Waals surface area contributed by atoms with Gasteiger partial charge in [-0.15, -0.1) is 0 Å². The molecule has 10 radical (unpaired) electrons. The standard InChI is InChI=1S/C24H28N4O8S2/c1-35-23(33)17(27-19(29)11-25-21(31)15-7-3-4-8-15)13-37-38-14-18(24(34)36-2)28-20(30)12-26-22(32)16-9-5-6-10-16/h3-10,17-18H,11-14H2,1-2H3,(H,25,31)(H,26,32)(H,27,29)(H,28,30)/t17-,18-/m0/s1. The Kier molecular flexibility index (Phi) is 14.3. The van der Waals surface area contributed by atoms with Crippen LogP contribution in [0.15, 0.2) is 0 Å². The van der Waals surface area contributed by atoms with Crippen LogP contribution < -0.4 is 21.3 Å². The predicted molar refractivity (Wildman–Crippen MR) is 140 cm³/mol. The fraction of sp³-hybridized carbons (Fsp3) is 0.333. The highest BCUT2D eigenvalue weighted by molar-refractivity contribution is 8.76. The van der Waals surface area contributed by atoms with E-state index in [0.29, 0.717) is 11.8 Å². The quantitative estimate of drug-likeness (QED) is 0.107. The lowest BCUT2D eigenvalue weighted by molar-refractivity contribution is -0.144. The first-order valence-corrected chi connectivity index (χ1v) is 13.7. The zero-order valence-electron chi connectivity index (χ0n) is 20.7. The third-order valence-corrected chi connectivity index (χ3v) is 7.29. The summed E-state index contributed by atoms with van der Waals surface area (Å²) in [6, 6.07) is -2.03. The Balaban J connectivity index is 1.74. The highest BCUT2D eigenvalue weighted by Crippen LogP contribution is 2.24. The average Bonchev–Trinajstić information content (AvgIpc) is 3.65. The van der Waals surface area contributed by atoms with Crippen LogP contribution in [0.5, 0.6) is 0 Å². The number of hydrogen-bond donors (Lipinski definition) is 4. The summed E-state index contributed by atoms with van der Waals surface area (Å²) in [5.74, 6) is -2.42. The minimum Gasteiger partial charge on any atom is -0.467 e. The van der Waals surface area contributed by atoms with Crippen LogP contribution in [0.25, 0.3) is 0 Å². The number of rotatable bonds is 15. The molecule has 2 aliphatic carbocycles. The van der Waals surface area contributed by atoms with E-state index in [1.54, 1.807) is 51.4 Å². The molecule has 12 nitrogen and oxygen atoms in total. The molecule has 2 rings (SSSR count). The summed E-state index contributed by atoms with van der Waals surface area (Å²) in [6.45, 7) is -0.678. The van der Waals surface area contributed by atoms with Crippen LogP contribution in [-0.2, 0) is 38.2 Å². The van der Waals surface area contributed by atoms with Crippen LogP contribution >= 0.6 is 21.6 Å². The van der Waals surface area contributed by atoms with E-state index in [0.717, 1.165) is 21.6 Å². The molecule has 14 heteroatoms. The van der Waals surface area contributed by atoms with Gasteiger partial charge in [0.15, 0.2) is 0 Å². The van der Waals surface area contributed by atoms with Crippen molar-refractivity contribution in [1.29, 1.82) is 0 Å². The molecule has 38 heavy (non-hydrogen) atoms. The lowest BCUT2D eigenvalue weighted by Crippen LogP contribution is -2.48. The second-order valence-corrected chi connectivity index (χ2v) is 10.1. The topological polar surface area (TPSA) is 169 Å². The number of carbonyl (C=O) groups excluding carboxylic acids is 6. The molecular weight excluding hydrogens is 536 g/mol. The summed E-state index contributed by atoms with van der Waals surface area (Å²) in [6.07, 6.45) is 13.2. The van der Waals surface area contributed by atoms with Gasteiger partial charge < -0.3 is 30.7 Å². The molecule has 2 aliphatic rings. The molecule has 4 N–H and O–H groups in total. The van der Waals surface area contributed by atoms with Crippen molar-refractivity contribution in [1.82, 2.24) is 21.3 Å². The summed E-state index contributed by atoms with van der Waals surface area (Å²) in [4.78, 5) is 72.6. The van der Waals surface area contributed by atoms with Crippen molar-refractivity contribution in [2.75, 3.05) is 38.8 Å². The smallest absolute Gasteiger partial charge is 0.329 e. The zero-order valence-corrected chi connectivity index (χ0v) is 22.3. The first-order chi connectivity index (χ1) is 18.2. The molecule has 2 saturated carbocycles. The zero-order chi connectivity index (χ0) is 27.9. The molecular formula is C24H28N4O8S2. The molecule has 0 spiro atoms. The van der Waals surface area contributed by atoms with E-state index in [1.165, 1.54) is 14.2 Å². The number of esters is 2. The Labute approximate surface area is 230 Å². The van der Waals surface area contributed by atoms with Gasteiger partial charge in [0.1, 0.15) is 12.1 Å². The molecule has 0 unspecified atom stereocenters. The van der Waals surface area contributed by atoms with E-state index in [2.05, 4.69) is 21.3 Å². The van der Waals surface area contributed by atoms with Crippen molar-refractivity contribution in [3.8, 4) is 0 Å². The van der Waals surface area contributed by atoms with Crippen molar-refractivity contribution in [2.45, 2.75) is 12.1 Å². The summed E-state index contributed by atoms with van der Waals surface area (Å²) >= 11 is 0. The van der Waals surface area contributed by atoms with Crippen LogP contribution in [-0.4, -0.2) is 86.5 Å². The van der Waals surface area contributed by atoms with Crippen LogP contribution in [0.4, 0.5) is 0 Å². The molecule has 0 heterocycles. The minimum absolute atomic E-state index is 0.0808. The molecule has 0 aromatic rings. The van der Waals surface area contributed by atoms with Crippen LogP contribution in [0.1, 0.15) is 0 Å². The molecule has 204 valence electrons. The molecule has 2 fully saturated rings. The first-order valence-electron chi connectivity index (χ1n) is 11.2. The summed E-state index contributed by atoms with van der Waals surface area (Å²) < 4.78 is 9.46. The minimum atomic E-state index is -1.02. The van der Waals surface area contributed by atoms with Gasteiger partial charge in [0.05, 0.1) is 39.1 Å². The Hall–Kier alpha value is -2.48. The number of nitrogens with one attached hydrogen (secondary N) is 4. The van der Waals surface area contributed by atoms with Gasteiger partial charge >= 0.3 is 11.9 Å². The van der Waals surface area contributed by atoms with E-state index in [9.17, 15) is 28.8 Å². The van der Waals surface area contributed by atoms with Crippen LogP contribution in [0, 0.1) is 63.2 Å². The number of ether oxygens (including phenoxy) is 2. The monoisotopic (exact) mass is 564 g/mol. The molecule has 0 aliphatic heterocycles. The fourth-order valence-corrected chi connectivity index (χ4v) is 5.22. The molecule has 0 aromatic carbocycles. The van der Waals surface area contributed by atoms with Crippen molar-refractivity contribution in [2.24, 2.45) is 0 Å². The van der Waals surface area contributed by atoms with Crippen molar-refractivity contribution in [3.63, 3.8) is 0 Å². The maximum atomic E-state index is 12.2. The molecule has 4 amide bonds. The highest BCUT2D eigenvalue weighted by atomic mass is 33.1. The van der Waals surface area contributed by atoms with Gasteiger partial charge in [-0.25, -0.2) is 9.59 Å². The number of carbonyl (C=O) groups is 6. The van der Waals surface area contributed by atoms with Gasteiger partial charge in [-0.05, 0) is 51.4 Å². The van der Waals surface area contributed by atoms with Gasteiger partial charge in [-0.2, -0.15) is 0 Å². The van der Waals surface area contributed by atoms with Gasteiger partial charge in [0.25, 0.3) is 0 Å². The summed E-state index contributed by atoms with van der Waals surface area (Å²) in [5, 5.41) is 9.91. The largest absolute Gasteiger partial charge is 0.467 e. The normalized spacial score (nSPS) is 17.2. The van der Waals surface area contributed by atoms with E-state index < -0.39 is 47.7 Å². The number of amides is 4. The Morgan fingerprint density at radius 1 is 0.658 bits per heavy atom. The van der Waals surface area contributed by atoms with Crippen molar-refractivity contribution >= 4 is 57.2 Å². The van der Waals surface area contributed by atoms with E-state index in [-0.39, 0.29) is 24.6 Å². The second-order valence-electron chi connectivity index (χ2n) is 7.57. The molecule has 2 atom stereocenters. The van der Waals surface area contributed by atoms with E-state index in [1.807, 2.05) is 0 Å². The summed E-state index contributed by atoms with van der Waals surface area (Å²) in [7, 11) is 4.66. The fourth-order valence-electron chi connectivity index (χ4n) is 2.92. The third-order valence-electron chi connectivity index (χ3n) is 4.86. The lowest BCUT2D eigenvalue weighted by Gasteiger charge is -2.18. The van der Waals surface area contributed by atoms with Gasteiger partial charge in [0.2, 0.25) is 23.6 Å². The maximum Gasteiger partial charge on any atom is 0.329 e. The molecule has 0 aromatic heterocycles. The van der Waals surface area contributed by atoms with E-state index in [4.69, 9.17) is 9.47 Å². The molecule has 0 bridgehead atoms. The van der Waals surface area contributed by atoms with Crippen molar-refractivity contribution in [3.05, 3.63) is 63.2 Å². The Morgan fingerprint density at radius 2 is 1.00 bits per heavy atom. The van der Waals surface area contributed by atoms with Crippen LogP contribution in [0.3, 0.4) is 0 Å². The number of hydrogen-bond acceptors (Lipinski definition) is 10. The average molecular weight is 565 g/mol. The SMILES string of the molecule is COC(=O)[C@H](CSSC[C@H](NC(=O)CNC(=O)[C]1[CH][CH][CH][CH]1)C(=O)OC)NC(=O)CNC(=O)[C]1[CH][CH][CH][CH]1. The first kappa shape index (κ1) is 31.7. The van der Waals surface area contributed by atoms with Gasteiger partial charge in [-0.1, -0.05) is 21.6 Å². The molecule has 0 saturated heterocycles. The Bertz CT molecular complexity index is 779. The predicted octanol–water partition coefficient (Wildman–Crippen LogP) is -1.27. The van der Waals surface area contributed by atoms with Crippen molar-refractivity contribution < 1.29 is 38.2 Å². The van der Waals surface area contributed by atoms with Gasteiger partial charge in [0, 0.05) is 11.5 Å². The maximum absolute atomic E-state index is 12.2. The summed E-state index contributed by atoms with van der Waals surface area (Å²) in [5.41, 5.74) is 0. The van der Waals surface area contributed by atoms with Gasteiger partial charge in [-0.3, -0.25) is 19.2 Å². The highest BCUT2D eigenvalue weighted by Gasteiger charge is 2.28.